The van der Waals surface area contributed by atoms with Crippen LogP contribution in [0.2, 0.25) is 0 Å². The van der Waals surface area contributed by atoms with Crippen molar-refractivity contribution in [3.8, 4) is 0 Å². The molecule has 0 spiro atoms. The number of nitrogens with zero attached hydrogens (tertiary/aromatic N) is 1. The number of hydrogen-bond acceptors (Lipinski definition) is 3. The Bertz CT molecular complexity index is 404. The molecule has 2 rings (SSSR count). The SMILES string of the molecule is CNC(c1ccc(C)cc1)C(C)N1CCCC(OC)C1. The summed E-state index contributed by atoms with van der Waals surface area (Å²) in [5.74, 6) is 0. The van der Waals surface area contributed by atoms with Crippen molar-refractivity contribution in [3.63, 3.8) is 0 Å². The van der Waals surface area contributed by atoms with Crippen molar-refractivity contribution in [1.82, 2.24) is 10.2 Å². The van der Waals surface area contributed by atoms with Gasteiger partial charge >= 0.3 is 0 Å². The van der Waals surface area contributed by atoms with Gasteiger partial charge < -0.3 is 10.1 Å². The molecule has 0 saturated carbocycles. The van der Waals surface area contributed by atoms with Crippen molar-refractivity contribution >= 4 is 0 Å². The number of likely N-dealkylation sites (tertiary alicyclic amines) is 1. The van der Waals surface area contributed by atoms with E-state index in [0.29, 0.717) is 18.2 Å². The molecule has 1 aromatic rings. The Balaban J connectivity index is 2.08. The standard InChI is InChI=1S/C17H28N2O/c1-13-7-9-15(10-8-13)17(18-3)14(2)19-11-5-6-16(12-19)20-4/h7-10,14,16-18H,5-6,11-12H2,1-4H3. The van der Waals surface area contributed by atoms with Crippen LogP contribution in [0, 0.1) is 6.92 Å². The average Bonchev–Trinajstić information content (AvgIpc) is 2.50. The maximum absolute atomic E-state index is 5.54. The van der Waals surface area contributed by atoms with E-state index < -0.39 is 0 Å². The molecular weight excluding hydrogens is 248 g/mol. The van der Waals surface area contributed by atoms with Gasteiger partial charge in [-0.15, -0.1) is 0 Å². The highest BCUT2D eigenvalue weighted by Crippen LogP contribution is 2.24. The smallest absolute Gasteiger partial charge is 0.0698 e. The Kier molecular flexibility index (Phi) is 5.58. The maximum Gasteiger partial charge on any atom is 0.0698 e. The minimum absolute atomic E-state index is 0.367. The van der Waals surface area contributed by atoms with Gasteiger partial charge in [-0.1, -0.05) is 29.8 Å². The zero-order valence-corrected chi connectivity index (χ0v) is 13.2. The van der Waals surface area contributed by atoms with E-state index in [4.69, 9.17) is 4.74 Å². The molecule has 1 fully saturated rings. The van der Waals surface area contributed by atoms with Crippen LogP contribution in [0.5, 0.6) is 0 Å². The van der Waals surface area contributed by atoms with Gasteiger partial charge in [-0.3, -0.25) is 4.90 Å². The number of aryl methyl sites for hydroxylation is 1. The fraction of sp³-hybridized carbons (Fsp3) is 0.647. The molecule has 1 aromatic carbocycles. The molecule has 3 atom stereocenters. The number of nitrogens with one attached hydrogen (secondary N) is 1. The van der Waals surface area contributed by atoms with Gasteiger partial charge in [0.1, 0.15) is 0 Å². The Hall–Kier alpha value is -0.900. The number of rotatable bonds is 5. The highest BCUT2D eigenvalue weighted by molar-refractivity contribution is 5.25. The van der Waals surface area contributed by atoms with Crippen molar-refractivity contribution in [3.05, 3.63) is 35.4 Å². The zero-order valence-electron chi connectivity index (χ0n) is 13.2. The van der Waals surface area contributed by atoms with Crippen LogP contribution in [0.15, 0.2) is 24.3 Å². The van der Waals surface area contributed by atoms with Gasteiger partial charge in [0.05, 0.1) is 6.10 Å². The third-order valence-corrected chi connectivity index (χ3v) is 4.55. The Morgan fingerprint density at radius 2 is 2.00 bits per heavy atom. The highest BCUT2D eigenvalue weighted by atomic mass is 16.5. The van der Waals surface area contributed by atoms with Gasteiger partial charge in [-0.25, -0.2) is 0 Å². The minimum Gasteiger partial charge on any atom is -0.380 e. The quantitative estimate of drug-likeness (QED) is 0.895. The molecule has 3 nitrogen and oxygen atoms in total. The summed E-state index contributed by atoms with van der Waals surface area (Å²) in [6.45, 7) is 6.67. The largest absolute Gasteiger partial charge is 0.380 e. The molecule has 0 aliphatic carbocycles. The number of benzene rings is 1. The number of methoxy groups -OCH3 is 1. The fourth-order valence-electron chi connectivity index (χ4n) is 3.20. The van der Waals surface area contributed by atoms with Crippen LogP contribution in [0.1, 0.15) is 36.9 Å². The normalized spacial score (nSPS) is 23.5. The molecule has 1 aliphatic heterocycles. The number of hydrogen-bond donors (Lipinski definition) is 1. The van der Waals surface area contributed by atoms with Gasteiger partial charge in [0.15, 0.2) is 0 Å². The van der Waals surface area contributed by atoms with E-state index in [9.17, 15) is 0 Å². The van der Waals surface area contributed by atoms with Crippen LogP contribution in [0.4, 0.5) is 0 Å². The lowest BCUT2D eigenvalue weighted by Crippen LogP contribution is -2.48. The molecule has 0 aromatic heterocycles. The summed E-state index contributed by atoms with van der Waals surface area (Å²) in [6, 6.07) is 9.71. The van der Waals surface area contributed by atoms with E-state index in [1.165, 1.54) is 30.5 Å². The lowest BCUT2D eigenvalue weighted by molar-refractivity contribution is 0.0111. The second kappa shape index (κ2) is 7.21. The van der Waals surface area contributed by atoms with E-state index in [2.05, 4.69) is 55.4 Å². The molecule has 0 radical (unpaired) electrons. The zero-order chi connectivity index (χ0) is 14.5. The third kappa shape index (κ3) is 3.60. The lowest BCUT2D eigenvalue weighted by Gasteiger charge is -2.39. The topological polar surface area (TPSA) is 24.5 Å². The first-order valence-electron chi connectivity index (χ1n) is 7.66. The second-order valence-electron chi connectivity index (χ2n) is 5.91. The summed E-state index contributed by atoms with van der Waals surface area (Å²) < 4.78 is 5.54. The molecule has 1 saturated heterocycles. The van der Waals surface area contributed by atoms with E-state index in [1.54, 1.807) is 0 Å². The molecule has 0 amide bonds. The first-order chi connectivity index (χ1) is 9.65. The van der Waals surface area contributed by atoms with Gasteiger partial charge in [0.2, 0.25) is 0 Å². The molecule has 1 heterocycles. The van der Waals surface area contributed by atoms with Crippen LogP contribution in [-0.2, 0) is 4.74 Å². The number of ether oxygens (including phenoxy) is 1. The van der Waals surface area contributed by atoms with Crippen LogP contribution < -0.4 is 5.32 Å². The second-order valence-corrected chi connectivity index (χ2v) is 5.91. The Morgan fingerprint density at radius 1 is 1.30 bits per heavy atom. The summed E-state index contributed by atoms with van der Waals surface area (Å²) in [4.78, 5) is 2.55. The molecule has 112 valence electrons. The summed E-state index contributed by atoms with van der Waals surface area (Å²) in [5.41, 5.74) is 2.68. The van der Waals surface area contributed by atoms with Crippen molar-refractivity contribution in [2.75, 3.05) is 27.2 Å². The summed E-state index contributed by atoms with van der Waals surface area (Å²) >= 11 is 0. The highest BCUT2D eigenvalue weighted by Gasteiger charge is 2.28. The van der Waals surface area contributed by atoms with E-state index >= 15 is 0 Å². The molecule has 1 N–H and O–H groups in total. The van der Waals surface area contributed by atoms with Crippen molar-refractivity contribution in [2.24, 2.45) is 0 Å². The molecule has 3 unspecified atom stereocenters. The van der Waals surface area contributed by atoms with E-state index in [1.807, 2.05) is 7.11 Å². The Labute approximate surface area is 123 Å². The van der Waals surface area contributed by atoms with Crippen molar-refractivity contribution in [2.45, 2.75) is 44.9 Å². The van der Waals surface area contributed by atoms with Gasteiger partial charge in [0, 0.05) is 25.7 Å². The molecule has 0 bridgehead atoms. The molecule has 3 heteroatoms. The minimum atomic E-state index is 0.367. The monoisotopic (exact) mass is 276 g/mol. The molecule has 20 heavy (non-hydrogen) atoms. The third-order valence-electron chi connectivity index (χ3n) is 4.55. The Morgan fingerprint density at radius 3 is 2.60 bits per heavy atom. The van der Waals surface area contributed by atoms with Crippen LogP contribution >= 0.6 is 0 Å². The predicted octanol–water partition coefficient (Wildman–Crippen LogP) is 2.75. The van der Waals surface area contributed by atoms with Gasteiger partial charge in [0.25, 0.3) is 0 Å². The molecule has 1 aliphatic rings. The fourth-order valence-corrected chi connectivity index (χ4v) is 3.20. The molecular formula is C17H28N2O. The number of piperidine rings is 1. The first kappa shape index (κ1) is 15.5. The van der Waals surface area contributed by atoms with Crippen LogP contribution in [-0.4, -0.2) is 44.3 Å². The lowest BCUT2D eigenvalue weighted by atomic mass is 9.96. The van der Waals surface area contributed by atoms with Crippen molar-refractivity contribution in [1.29, 1.82) is 0 Å². The van der Waals surface area contributed by atoms with Gasteiger partial charge in [-0.2, -0.15) is 0 Å². The van der Waals surface area contributed by atoms with Crippen LogP contribution in [0.25, 0.3) is 0 Å². The number of likely N-dealkylation sites (N-methyl/N-ethyl adjacent to an activating group) is 1. The summed E-state index contributed by atoms with van der Waals surface area (Å²) in [7, 11) is 3.88. The summed E-state index contributed by atoms with van der Waals surface area (Å²) in [6.07, 6.45) is 2.81. The first-order valence-corrected chi connectivity index (χ1v) is 7.66. The van der Waals surface area contributed by atoms with Crippen molar-refractivity contribution < 1.29 is 4.74 Å². The van der Waals surface area contributed by atoms with E-state index in [-0.39, 0.29) is 0 Å². The van der Waals surface area contributed by atoms with Gasteiger partial charge in [-0.05, 0) is 45.8 Å². The average molecular weight is 276 g/mol. The summed E-state index contributed by atoms with van der Waals surface area (Å²) in [5, 5.41) is 3.49. The maximum atomic E-state index is 5.54. The van der Waals surface area contributed by atoms with Crippen LogP contribution in [0.3, 0.4) is 0 Å². The predicted molar refractivity (Wildman–Crippen MR) is 84.0 cm³/mol. The van der Waals surface area contributed by atoms with E-state index in [0.717, 1.165) is 6.54 Å².